The van der Waals surface area contributed by atoms with Gasteiger partial charge in [-0.1, -0.05) is 32.0 Å². The Balaban J connectivity index is 1.87. The fraction of sp³-hybridized carbons (Fsp3) is 0.500. The molecule has 0 spiro atoms. The number of fused-ring (bicyclic) bond motifs is 1. The molecule has 0 fully saturated rings. The highest BCUT2D eigenvalue weighted by Gasteiger charge is 2.15. The van der Waals surface area contributed by atoms with Crippen LogP contribution in [0.5, 0.6) is 0 Å². The van der Waals surface area contributed by atoms with Gasteiger partial charge in [0.2, 0.25) is 11.8 Å². The van der Waals surface area contributed by atoms with Gasteiger partial charge in [0.1, 0.15) is 0 Å². The van der Waals surface area contributed by atoms with E-state index in [1.165, 1.54) is 10.9 Å². The summed E-state index contributed by atoms with van der Waals surface area (Å²) in [4.78, 5) is 29.0. The van der Waals surface area contributed by atoms with Gasteiger partial charge in [0.05, 0.1) is 0 Å². The molecule has 5 nitrogen and oxygen atoms in total. The van der Waals surface area contributed by atoms with E-state index < -0.39 is 0 Å². The van der Waals surface area contributed by atoms with Gasteiger partial charge in [0.25, 0.3) is 0 Å². The molecule has 0 saturated heterocycles. The number of nitrogens with one attached hydrogen (secondary N) is 2. The minimum atomic E-state index is 0.0385. The van der Waals surface area contributed by atoms with Crippen molar-refractivity contribution in [3.8, 4) is 0 Å². The largest absolute Gasteiger partial charge is 0.361 e. The lowest BCUT2D eigenvalue weighted by Crippen LogP contribution is -2.40. The molecule has 5 heteroatoms. The number of aromatic nitrogens is 1. The van der Waals surface area contributed by atoms with Gasteiger partial charge in [-0.05, 0) is 30.9 Å². The van der Waals surface area contributed by atoms with Crippen LogP contribution in [0.4, 0.5) is 0 Å². The van der Waals surface area contributed by atoms with Crippen molar-refractivity contribution in [3.63, 3.8) is 0 Å². The Hall–Kier alpha value is -2.30. The Kier molecular flexibility index (Phi) is 7.04. The van der Waals surface area contributed by atoms with Crippen LogP contribution in [0, 0.1) is 5.92 Å². The molecule has 0 aliphatic carbocycles. The van der Waals surface area contributed by atoms with Gasteiger partial charge in [-0.25, -0.2) is 0 Å². The maximum absolute atomic E-state index is 12.0. The third kappa shape index (κ3) is 5.08. The summed E-state index contributed by atoms with van der Waals surface area (Å²) in [5, 5.41) is 4.16. The highest BCUT2D eigenvalue weighted by molar-refractivity contribution is 5.83. The number of amides is 2. The average molecular weight is 343 g/mol. The third-order valence-corrected chi connectivity index (χ3v) is 4.81. The third-order valence-electron chi connectivity index (χ3n) is 4.81. The van der Waals surface area contributed by atoms with Gasteiger partial charge in [0.15, 0.2) is 0 Å². The number of H-pyrrole nitrogens is 1. The summed E-state index contributed by atoms with van der Waals surface area (Å²) in [5.74, 6) is 0.193. The molecule has 0 aliphatic rings. The minimum Gasteiger partial charge on any atom is -0.361 e. The van der Waals surface area contributed by atoms with Crippen LogP contribution < -0.4 is 5.32 Å². The predicted octanol–water partition coefficient (Wildman–Crippen LogP) is 3.11. The second kappa shape index (κ2) is 9.25. The molecule has 1 aromatic heterocycles. The number of benzene rings is 1. The summed E-state index contributed by atoms with van der Waals surface area (Å²) in [5.41, 5.74) is 2.33. The second-order valence-corrected chi connectivity index (χ2v) is 6.42. The van der Waals surface area contributed by atoms with Crippen molar-refractivity contribution in [2.24, 2.45) is 5.92 Å². The lowest BCUT2D eigenvalue weighted by Gasteiger charge is -2.22. The maximum atomic E-state index is 12.0. The van der Waals surface area contributed by atoms with E-state index in [2.05, 4.69) is 22.4 Å². The quantitative estimate of drug-likeness (QED) is 0.735. The number of carbonyl (C=O) groups is 2. The lowest BCUT2D eigenvalue weighted by molar-refractivity contribution is -0.130. The molecule has 2 aromatic rings. The van der Waals surface area contributed by atoms with Gasteiger partial charge in [-0.2, -0.15) is 0 Å². The monoisotopic (exact) mass is 343 g/mol. The van der Waals surface area contributed by atoms with Crippen LogP contribution in [0.1, 0.15) is 39.2 Å². The topological polar surface area (TPSA) is 65.2 Å². The molecule has 0 atom stereocenters. The smallest absolute Gasteiger partial charge is 0.223 e. The molecule has 0 unspecified atom stereocenters. The summed E-state index contributed by atoms with van der Waals surface area (Å²) >= 11 is 0. The zero-order valence-corrected chi connectivity index (χ0v) is 15.5. The van der Waals surface area contributed by atoms with Gasteiger partial charge in [-0.3, -0.25) is 9.59 Å². The first-order valence-electron chi connectivity index (χ1n) is 9.15. The number of rotatable bonds is 9. The van der Waals surface area contributed by atoms with E-state index in [-0.39, 0.29) is 17.7 Å². The van der Waals surface area contributed by atoms with E-state index in [9.17, 15) is 9.59 Å². The molecule has 2 amide bonds. The van der Waals surface area contributed by atoms with Gasteiger partial charge < -0.3 is 15.2 Å². The van der Waals surface area contributed by atoms with E-state index in [0.29, 0.717) is 19.6 Å². The molecule has 0 aliphatic heterocycles. The summed E-state index contributed by atoms with van der Waals surface area (Å²) in [6.45, 7) is 7.33. The van der Waals surface area contributed by atoms with E-state index in [0.717, 1.165) is 24.8 Å². The first-order chi connectivity index (χ1) is 12.1. The average Bonchev–Trinajstić information content (AvgIpc) is 3.02. The molecular weight excluding hydrogens is 314 g/mol. The van der Waals surface area contributed by atoms with Crippen molar-refractivity contribution in [2.45, 2.75) is 40.0 Å². The van der Waals surface area contributed by atoms with Crippen molar-refractivity contribution in [2.75, 3.05) is 19.6 Å². The van der Waals surface area contributed by atoms with Crippen molar-refractivity contribution in [1.82, 2.24) is 15.2 Å². The van der Waals surface area contributed by atoms with Crippen LogP contribution in [-0.2, 0) is 16.0 Å². The predicted molar refractivity (Wildman–Crippen MR) is 101 cm³/mol. The van der Waals surface area contributed by atoms with Crippen LogP contribution in [0.25, 0.3) is 10.9 Å². The van der Waals surface area contributed by atoms with Crippen molar-refractivity contribution >= 4 is 22.7 Å². The number of hydrogen-bond acceptors (Lipinski definition) is 2. The van der Waals surface area contributed by atoms with Gasteiger partial charge in [0, 0.05) is 49.6 Å². The summed E-state index contributed by atoms with van der Waals surface area (Å²) < 4.78 is 0. The molecule has 0 radical (unpaired) electrons. The number of hydrogen-bond donors (Lipinski definition) is 2. The Bertz CT molecular complexity index is 704. The fourth-order valence-electron chi connectivity index (χ4n) is 3.14. The van der Waals surface area contributed by atoms with E-state index in [1.54, 1.807) is 11.8 Å². The number of nitrogens with zero attached hydrogens (tertiary/aromatic N) is 1. The summed E-state index contributed by atoms with van der Waals surface area (Å²) in [6, 6.07) is 8.17. The van der Waals surface area contributed by atoms with Crippen LogP contribution in [-0.4, -0.2) is 41.3 Å². The highest BCUT2D eigenvalue weighted by atomic mass is 16.2. The number of carbonyl (C=O) groups excluding carboxylic acids is 2. The minimum absolute atomic E-state index is 0.0385. The fourth-order valence-corrected chi connectivity index (χ4v) is 3.14. The molecule has 2 rings (SSSR count). The van der Waals surface area contributed by atoms with Gasteiger partial charge in [-0.15, -0.1) is 0 Å². The number of para-hydroxylation sites is 1. The highest BCUT2D eigenvalue weighted by Crippen LogP contribution is 2.18. The lowest BCUT2D eigenvalue weighted by atomic mass is 10.0. The normalized spacial score (nSPS) is 11.0. The van der Waals surface area contributed by atoms with E-state index in [4.69, 9.17) is 0 Å². The number of aromatic amines is 1. The van der Waals surface area contributed by atoms with Crippen LogP contribution in [0.3, 0.4) is 0 Å². The van der Waals surface area contributed by atoms with Crippen LogP contribution in [0.2, 0.25) is 0 Å². The Morgan fingerprint density at radius 2 is 1.88 bits per heavy atom. The van der Waals surface area contributed by atoms with Crippen LogP contribution >= 0.6 is 0 Å². The van der Waals surface area contributed by atoms with Crippen LogP contribution in [0.15, 0.2) is 30.5 Å². The second-order valence-electron chi connectivity index (χ2n) is 6.42. The first-order valence-corrected chi connectivity index (χ1v) is 9.15. The summed E-state index contributed by atoms with van der Waals surface area (Å²) in [7, 11) is 0. The first kappa shape index (κ1) is 19.0. The van der Waals surface area contributed by atoms with E-state index in [1.807, 2.05) is 32.2 Å². The molecule has 0 saturated carbocycles. The summed E-state index contributed by atoms with van der Waals surface area (Å²) in [6.07, 6.45) is 4.50. The van der Waals surface area contributed by atoms with Gasteiger partial charge >= 0.3 is 0 Å². The van der Waals surface area contributed by atoms with E-state index >= 15 is 0 Å². The van der Waals surface area contributed by atoms with Crippen molar-refractivity contribution in [1.29, 1.82) is 0 Å². The maximum Gasteiger partial charge on any atom is 0.223 e. The molecule has 136 valence electrons. The Morgan fingerprint density at radius 3 is 2.56 bits per heavy atom. The zero-order chi connectivity index (χ0) is 18.2. The molecule has 1 aromatic carbocycles. The SMILES string of the molecule is CCC(CC)C(=O)NCCN(CCc1c[nH]c2ccccc12)C(C)=O. The standard InChI is InChI=1S/C20H29N3O2/c1-4-16(5-2)20(25)21-11-13-23(15(3)24)12-10-17-14-22-19-9-7-6-8-18(17)19/h6-9,14,16,22H,4-5,10-13H2,1-3H3,(H,21,25). The zero-order valence-electron chi connectivity index (χ0n) is 15.5. The molecular formula is C20H29N3O2. The Labute approximate surface area is 149 Å². The molecule has 2 N–H and O–H groups in total. The van der Waals surface area contributed by atoms with Crippen molar-refractivity contribution < 1.29 is 9.59 Å². The molecule has 0 bridgehead atoms. The van der Waals surface area contributed by atoms with Crippen molar-refractivity contribution in [3.05, 3.63) is 36.0 Å². The molecule has 25 heavy (non-hydrogen) atoms. The Morgan fingerprint density at radius 1 is 1.16 bits per heavy atom. The molecule has 1 heterocycles.